The molecule has 0 heterocycles. The Labute approximate surface area is 242 Å². The molecule has 2 bridgehead atoms. The number of phenolic OH excluding ortho intramolecular Hbond substituents is 2. The number of phenols is 2. The van der Waals surface area contributed by atoms with E-state index in [-0.39, 0.29) is 53.2 Å². The molecule has 3 fully saturated rings. The van der Waals surface area contributed by atoms with Gasteiger partial charge in [0.05, 0.1) is 11.5 Å². The lowest BCUT2D eigenvalue weighted by Crippen LogP contribution is -2.56. The lowest BCUT2D eigenvalue weighted by Gasteiger charge is -2.55. The molecule has 5 nitrogen and oxygen atoms in total. The number of hydrogen-bond donors (Lipinski definition) is 3. The molecule has 0 saturated heterocycles. The molecule has 0 spiro atoms. The molecule has 3 aliphatic carbocycles. The van der Waals surface area contributed by atoms with Crippen LogP contribution in [0.15, 0.2) is 78.9 Å². The van der Waals surface area contributed by atoms with Gasteiger partial charge in [0.15, 0.2) is 0 Å². The van der Waals surface area contributed by atoms with Crippen LogP contribution in [-0.4, -0.2) is 40.9 Å². The summed E-state index contributed by atoms with van der Waals surface area (Å²) in [5, 5.41) is 30.7. The summed E-state index contributed by atoms with van der Waals surface area (Å²) in [6, 6.07) is 21.0. The number of fused-ring (bicyclic) bond motifs is 1. The lowest BCUT2D eigenvalue weighted by atomic mass is 9.47. The van der Waals surface area contributed by atoms with Crippen molar-refractivity contribution in [2.45, 2.75) is 51.6 Å². The fraction of sp³-hybridized carbons (Fsp3) is 0.417. The average Bonchev–Trinajstić information content (AvgIpc) is 3.39. The molecule has 0 aromatic heterocycles. The van der Waals surface area contributed by atoms with Crippen LogP contribution >= 0.6 is 0 Å². The number of aliphatic hydroxyl groups is 1. The quantitative estimate of drug-likeness (QED) is 0.265. The third kappa shape index (κ3) is 4.16. The van der Waals surface area contributed by atoms with Crippen LogP contribution in [0.2, 0.25) is 0 Å². The summed E-state index contributed by atoms with van der Waals surface area (Å²) < 4.78 is 6.09. The van der Waals surface area contributed by atoms with Crippen LogP contribution in [0, 0.1) is 28.6 Å². The maximum absolute atomic E-state index is 14.3. The maximum Gasteiger partial charge on any atom is 0.143 e. The van der Waals surface area contributed by atoms with Gasteiger partial charge in [-0.25, -0.2) is 0 Å². The topological polar surface area (TPSA) is 87.0 Å². The number of aromatic hydroxyl groups is 2. The summed E-state index contributed by atoms with van der Waals surface area (Å²) in [6.45, 7) is 6.77. The number of ketones is 1. The first-order valence-electron chi connectivity index (χ1n) is 14.8. The Hall–Kier alpha value is -3.41. The van der Waals surface area contributed by atoms with Gasteiger partial charge >= 0.3 is 0 Å². The predicted molar refractivity (Wildman–Crippen MR) is 160 cm³/mol. The van der Waals surface area contributed by atoms with E-state index in [0.717, 1.165) is 52.7 Å². The minimum Gasteiger partial charge on any atom is -0.508 e. The fourth-order valence-electron chi connectivity index (χ4n) is 8.93. The molecule has 6 rings (SSSR count). The minimum absolute atomic E-state index is 0.0391. The number of rotatable bonds is 9. The van der Waals surface area contributed by atoms with Gasteiger partial charge in [-0.3, -0.25) is 4.79 Å². The van der Waals surface area contributed by atoms with Crippen LogP contribution in [0.25, 0.3) is 11.1 Å². The van der Waals surface area contributed by atoms with Crippen molar-refractivity contribution in [2.24, 2.45) is 28.6 Å². The standard InChI is InChI=1S/C36H40O5/c1-22-33-29(21-37)30-8-5-17-35(22,2)36(30,34(33)41-3)32(40)16-11-23-6-4-7-25(18-23)26-12-13-27(31(39)20-26)19-24-9-14-28(38)15-10-24/h4,6-7,9-10,12-15,18,20,29-30,33-34,37-39H,1,5,8,11,16-17,19,21H2,2-3H3/t29-,30-,33+,34+,35+,36+/m1/s1. The van der Waals surface area contributed by atoms with Gasteiger partial charge in [0.2, 0.25) is 0 Å². The molecule has 0 aliphatic heterocycles. The first-order valence-corrected chi connectivity index (χ1v) is 14.8. The molecule has 41 heavy (non-hydrogen) atoms. The van der Waals surface area contributed by atoms with Crippen LogP contribution in [-0.2, 0) is 22.4 Å². The average molecular weight is 553 g/mol. The van der Waals surface area contributed by atoms with E-state index in [4.69, 9.17) is 4.74 Å². The van der Waals surface area contributed by atoms with Gasteiger partial charge in [0, 0.05) is 37.9 Å². The second-order valence-corrected chi connectivity index (χ2v) is 12.6. The van der Waals surface area contributed by atoms with Crippen molar-refractivity contribution in [2.75, 3.05) is 13.7 Å². The number of Topliss-reactive ketones (excluding diaryl/α,β-unsaturated/α-hetero) is 1. The van der Waals surface area contributed by atoms with Gasteiger partial charge in [-0.15, -0.1) is 0 Å². The first-order chi connectivity index (χ1) is 19.7. The summed E-state index contributed by atoms with van der Waals surface area (Å²) in [4.78, 5) is 14.3. The fourth-order valence-corrected chi connectivity index (χ4v) is 8.93. The number of aliphatic hydroxyl groups excluding tert-OH is 1. The highest BCUT2D eigenvalue weighted by Gasteiger charge is 2.78. The summed E-state index contributed by atoms with van der Waals surface area (Å²) in [6.07, 6.45) is 4.36. The van der Waals surface area contributed by atoms with E-state index in [1.807, 2.05) is 36.4 Å². The van der Waals surface area contributed by atoms with Crippen LogP contribution in [0.5, 0.6) is 11.5 Å². The normalized spacial score (nSPS) is 30.1. The van der Waals surface area contributed by atoms with E-state index in [1.54, 1.807) is 25.3 Å². The molecular formula is C36H40O5. The van der Waals surface area contributed by atoms with Gasteiger partial charge < -0.3 is 20.1 Å². The molecule has 3 N–H and O–H groups in total. The Bertz CT molecular complexity index is 1480. The largest absolute Gasteiger partial charge is 0.508 e. The van der Waals surface area contributed by atoms with E-state index in [9.17, 15) is 20.1 Å². The van der Waals surface area contributed by atoms with Gasteiger partial charge in [0.1, 0.15) is 17.3 Å². The third-order valence-corrected chi connectivity index (χ3v) is 10.8. The van der Waals surface area contributed by atoms with Crippen LogP contribution in [0.3, 0.4) is 0 Å². The van der Waals surface area contributed by atoms with Gasteiger partial charge in [-0.05, 0) is 77.1 Å². The Morgan fingerprint density at radius 1 is 1.02 bits per heavy atom. The zero-order valence-electron chi connectivity index (χ0n) is 24.0. The van der Waals surface area contributed by atoms with E-state index in [0.29, 0.717) is 19.3 Å². The van der Waals surface area contributed by atoms with Crippen LogP contribution in [0.1, 0.15) is 49.3 Å². The number of ether oxygens (including phenoxy) is 1. The highest BCUT2D eigenvalue weighted by atomic mass is 16.5. The van der Waals surface area contributed by atoms with Crippen molar-refractivity contribution in [3.05, 3.63) is 95.6 Å². The van der Waals surface area contributed by atoms with Crippen molar-refractivity contribution in [1.29, 1.82) is 0 Å². The molecule has 0 amide bonds. The highest BCUT2D eigenvalue weighted by Crippen LogP contribution is 2.76. The van der Waals surface area contributed by atoms with Crippen molar-refractivity contribution in [3.8, 4) is 22.6 Å². The Morgan fingerprint density at radius 2 is 1.78 bits per heavy atom. The van der Waals surface area contributed by atoms with Crippen molar-refractivity contribution in [1.82, 2.24) is 0 Å². The van der Waals surface area contributed by atoms with Crippen molar-refractivity contribution >= 4 is 5.78 Å². The molecule has 3 aromatic carbocycles. The molecule has 3 saturated carbocycles. The predicted octanol–water partition coefficient (Wildman–Crippen LogP) is 6.47. The first kappa shape index (κ1) is 27.7. The number of hydrogen-bond acceptors (Lipinski definition) is 5. The molecule has 5 heteroatoms. The zero-order chi connectivity index (χ0) is 28.9. The highest BCUT2D eigenvalue weighted by molar-refractivity contribution is 5.90. The monoisotopic (exact) mass is 552 g/mol. The summed E-state index contributed by atoms with van der Waals surface area (Å²) in [7, 11) is 1.71. The molecule has 3 aliphatic rings. The van der Waals surface area contributed by atoms with Crippen molar-refractivity contribution < 1.29 is 24.9 Å². The smallest absolute Gasteiger partial charge is 0.143 e. The van der Waals surface area contributed by atoms with Crippen LogP contribution in [0.4, 0.5) is 0 Å². The zero-order valence-corrected chi connectivity index (χ0v) is 24.0. The maximum atomic E-state index is 14.3. The number of carbonyl (C=O) groups is 1. The Balaban J connectivity index is 1.21. The summed E-state index contributed by atoms with van der Waals surface area (Å²) >= 11 is 0. The number of carbonyl (C=O) groups excluding carboxylic acids is 1. The van der Waals surface area contributed by atoms with Crippen molar-refractivity contribution in [3.63, 3.8) is 0 Å². The third-order valence-electron chi connectivity index (χ3n) is 10.8. The summed E-state index contributed by atoms with van der Waals surface area (Å²) in [5.41, 5.74) is 5.02. The number of benzene rings is 3. The van der Waals surface area contributed by atoms with E-state index < -0.39 is 5.41 Å². The molecule has 0 radical (unpaired) electrons. The molecule has 214 valence electrons. The van der Waals surface area contributed by atoms with Gasteiger partial charge in [0.25, 0.3) is 0 Å². The Kier molecular flexibility index (Phi) is 7.07. The lowest BCUT2D eigenvalue weighted by molar-refractivity contribution is -0.154. The summed E-state index contributed by atoms with van der Waals surface area (Å²) in [5.74, 6) is 0.915. The van der Waals surface area contributed by atoms with Gasteiger partial charge in [-0.1, -0.05) is 74.0 Å². The second-order valence-electron chi connectivity index (χ2n) is 12.6. The van der Waals surface area contributed by atoms with E-state index in [2.05, 4.69) is 25.6 Å². The molecular weight excluding hydrogens is 512 g/mol. The van der Waals surface area contributed by atoms with Gasteiger partial charge in [-0.2, -0.15) is 0 Å². The SMILES string of the molecule is C=C1[C@H]2[C@H](CO)[C@H]3CCC[C@]1(C)[C@@]3(C(=O)CCc1cccc(-c3ccc(Cc4ccc(O)cc4)c(O)c3)c1)[C@H]2OC. The van der Waals surface area contributed by atoms with E-state index in [1.165, 1.54) is 0 Å². The number of methoxy groups -OCH3 is 1. The van der Waals surface area contributed by atoms with E-state index >= 15 is 0 Å². The molecule has 6 atom stereocenters. The Morgan fingerprint density at radius 3 is 2.49 bits per heavy atom. The molecule has 0 unspecified atom stereocenters. The molecule has 3 aromatic rings. The minimum atomic E-state index is -0.619. The van der Waals surface area contributed by atoms with Crippen LogP contribution < -0.4 is 0 Å². The number of aryl methyl sites for hydroxylation is 1. The second kappa shape index (κ2) is 10.5.